The lowest BCUT2D eigenvalue weighted by Gasteiger charge is -2.41. The minimum Gasteiger partial charge on any atom is -0.378 e. The Bertz CT molecular complexity index is 686. The van der Waals surface area contributed by atoms with E-state index in [0.29, 0.717) is 44.9 Å². The summed E-state index contributed by atoms with van der Waals surface area (Å²) in [6.45, 7) is 3.80. The van der Waals surface area contributed by atoms with E-state index in [1.807, 2.05) is 0 Å². The summed E-state index contributed by atoms with van der Waals surface area (Å²) in [6, 6.07) is 2.78. The number of primary sulfonamides is 1. The normalized spacial score (nSPS) is 25.9. The highest BCUT2D eigenvalue weighted by atomic mass is 32.2. The smallest absolute Gasteiger partial charge is 0.240 e. The van der Waals surface area contributed by atoms with Gasteiger partial charge in [0.2, 0.25) is 10.0 Å². The van der Waals surface area contributed by atoms with Crippen molar-refractivity contribution < 1.29 is 22.3 Å². The Hall–Kier alpha value is -1.22. The second-order valence-electron chi connectivity index (χ2n) is 5.84. The Labute approximate surface area is 129 Å². The van der Waals surface area contributed by atoms with Gasteiger partial charge in [0.05, 0.1) is 18.9 Å². The van der Waals surface area contributed by atoms with E-state index < -0.39 is 21.4 Å². The van der Waals surface area contributed by atoms with Gasteiger partial charge in [0, 0.05) is 26.1 Å². The van der Waals surface area contributed by atoms with Gasteiger partial charge in [0.1, 0.15) is 10.5 Å². The lowest BCUT2D eigenvalue weighted by atomic mass is 10.00. The molecule has 1 atom stereocenters. The van der Waals surface area contributed by atoms with Crippen LogP contribution in [0.5, 0.6) is 0 Å². The SMILES string of the molecule is Cc1ccc(S(N)(=O)=O)c(N2CCOC3(CCOC3)C2)c1F. The molecule has 1 aromatic rings. The van der Waals surface area contributed by atoms with E-state index in [0.717, 1.165) is 0 Å². The quantitative estimate of drug-likeness (QED) is 0.866. The van der Waals surface area contributed by atoms with Gasteiger partial charge in [0.15, 0.2) is 5.82 Å². The van der Waals surface area contributed by atoms with Crippen LogP contribution in [0.15, 0.2) is 17.0 Å². The van der Waals surface area contributed by atoms with Gasteiger partial charge in [0.25, 0.3) is 0 Å². The molecule has 2 aliphatic rings. The highest BCUT2D eigenvalue weighted by Crippen LogP contribution is 2.35. The highest BCUT2D eigenvalue weighted by Gasteiger charge is 2.42. The molecule has 2 fully saturated rings. The zero-order chi connectivity index (χ0) is 16.0. The molecule has 1 unspecified atom stereocenters. The molecule has 2 heterocycles. The van der Waals surface area contributed by atoms with E-state index in [2.05, 4.69) is 0 Å². The van der Waals surface area contributed by atoms with Crippen molar-refractivity contribution in [2.45, 2.75) is 23.8 Å². The fraction of sp³-hybridized carbons (Fsp3) is 0.571. The Morgan fingerprint density at radius 3 is 2.77 bits per heavy atom. The molecule has 0 aromatic heterocycles. The Morgan fingerprint density at radius 2 is 2.14 bits per heavy atom. The molecule has 2 aliphatic heterocycles. The van der Waals surface area contributed by atoms with Crippen LogP contribution in [-0.2, 0) is 19.5 Å². The molecule has 1 spiro atoms. The minimum absolute atomic E-state index is 0.0390. The molecule has 0 saturated carbocycles. The van der Waals surface area contributed by atoms with Crippen molar-refractivity contribution in [2.24, 2.45) is 5.14 Å². The maximum Gasteiger partial charge on any atom is 0.240 e. The van der Waals surface area contributed by atoms with Crippen molar-refractivity contribution in [2.75, 3.05) is 37.8 Å². The lowest BCUT2D eigenvalue weighted by Crippen LogP contribution is -2.53. The Kier molecular flexibility index (Phi) is 3.88. The van der Waals surface area contributed by atoms with Crippen LogP contribution in [0.25, 0.3) is 0 Å². The standard InChI is InChI=1S/C14H19FN2O4S/c1-10-2-3-11(22(16,18)19)13(12(10)15)17-5-7-21-14(8-17)4-6-20-9-14/h2-3H,4-9H2,1H3,(H2,16,18,19). The van der Waals surface area contributed by atoms with Gasteiger partial charge in [-0.25, -0.2) is 17.9 Å². The molecule has 0 radical (unpaired) electrons. The van der Waals surface area contributed by atoms with E-state index in [1.54, 1.807) is 11.8 Å². The van der Waals surface area contributed by atoms with E-state index >= 15 is 0 Å². The molecule has 122 valence electrons. The van der Waals surface area contributed by atoms with Gasteiger partial charge in [-0.3, -0.25) is 0 Å². The maximum atomic E-state index is 14.6. The summed E-state index contributed by atoms with van der Waals surface area (Å²) in [4.78, 5) is 1.52. The molecule has 1 aromatic carbocycles. The fourth-order valence-electron chi connectivity index (χ4n) is 3.03. The number of aryl methyl sites for hydroxylation is 1. The molecule has 8 heteroatoms. The average Bonchev–Trinajstić information content (AvgIpc) is 2.88. The summed E-state index contributed by atoms with van der Waals surface area (Å²) in [6.07, 6.45) is 0.710. The molecule has 22 heavy (non-hydrogen) atoms. The fourth-order valence-corrected chi connectivity index (χ4v) is 3.78. The number of nitrogens with two attached hydrogens (primary N) is 1. The monoisotopic (exact) mass is 330 g/mol. The average molecular weight is 330 g/mol. The van der Waals surface area contributed by atoms with Crippen LogP contribution < -0.4 is 10.0 Å². The topological polar surface area (TPSA) is 81.9 Å². The maximum absolute atomic E-state index is 14.6. The molecular formula is C14H19FN2O4S. The predicted molar refractivity (Wildman–Crippen MR) is 78.8 cm³/mol. The first-order valence-corrected chi connectivity index (χ1v) is 8.66. The number of nitrogens with zero attached hydrogens (tertiary/aromatic N) is 1. The number of anilines is 1. The molecule has 6 nitrogen and oxygen atoms in total. The van der Waals surface area contributed by atoms with E-state index in [-0.39, 0.29) is 10.6 Å². The Balaban J connectivity index is 2.05. The molecular weight excluding hydrogens is 311 g/mol. The third-order valence-electron chi connectivity index (χ3n) is 4.21. The van der Waals surface area contributed by atoms with Gasteiger partial charge in [-0.2, -0.15) is 0 Å². The summed E-state index contributed by atoms with van der Waals surface area (Å²) >= 11 is 0. The third-order valence-corrected chi connectivity index (χ3v) is 5.15. The first-order valence-electron chi connectivity index (χ1n) is 7.11. The third kappa shape index (κ3) is 2.71. The van der Waals surface area contributed by atoms with E-state index in [1.165, 1.54) is 12.1 Å². The van der Waals surface area contributed by atoms with Gasteiger partial charge in [-0.1, -0.05) is 6.07 Å². The molecule has 0 aliphatic carbocycles. The Morgan fingerprint density at radius 1 is 1.36 bits per heavy atom. The van der Waals surface area contributed by atoms with Crippen molar-refractivity contribution in [3.63, 3.8) is 0 Å². The van der Waals surface area contributed by atoms with Gasteiger partial charge in [-0.15, -0.1) is 0 Å². The number of hydrogen-bond donors (Lipinski definition) is 1. The summed E-state index contributed by atoms with van der Waals surface area (Å²) in [5.74, 6) is -0.553. The van der Waals surface area contributed by atoms with Crippen LogP contribution in [0, 0.1) is 12.7 Å². The van der Waals surface area contributed by atoms with Crippen LogP contribution >= 0.6 is 0 Å². The highest BCUT2D eigenvalue weighted by molar-refractivity contribution is 7.89. The lowest BCUT2D eigenvalue weighted by molar-refractivity contribution is -0.0582. The number of rotatable bonds is 2. The number of sulfonamides is 1. The van der Waals surface area contributed by atoms with E-state index in [4.69, 9.17) is 14.6 Å². The van der Waals surface area contributed by atoms with Gasteiger partial charge in [-0.05, 0) is 18.6 Å². The zero-order valence-corrected chi connectivity index (χ0v) is 13.2. The molecule has 2 N–H and O–H groups in total. The number of ether oxygens (including phenoxy) is 2. The molecule has 0 bridgehead atoms. The molecule has 0 amide bonds. The molecule has 3 rings (SSSR count). The molecule has 2 saturated heterocycles. The first-order chi connectivity index (χ1) is 10.3. The second kappa shape index (κ2) is 5.45. The van der Waals surface area contributed by atoms with Crippen molar-refractivity contribution in [1.29, 1.82) is 0 Å². The minimum atomic E-state index is -4.01. The number of morpholine rings is 1. The van der Waals surface area contributed by atoms with Crippen LogP contribution in [0.4, 0.5) is 10.1 Å². The van der Waals surface area contributed by atoms with Crippen LogP contribution in [0.1, 0.15) is 12.0 Å². The van der Waals surface area contributed by atoms with Crippen LogP contribution in [-0.4, -0.2) is 46.9 Å². The van der Waals surface area contributed by atoms with Crippen molar-refractivity contribution in [3.8, 4) is 0 Å². The number of halogens is 1. The number of hydrogen-bond acceptors (Lipinski definition) is 5. The zero-order valence-electron chi connectivity index (χ0n) is 12.3. The summed E-state index contributed by atoms with van der Waals surface area (Å²) in [5, 5.41) is 5.25. The van der Waals surface area contributed by atoms with E-state index in [9.17, 15) is 12.8 Å². The number of benzene rings is 1. The van der Waals surface area contributed by atoms with Gasteiger partial charge < -0.3 is 14.4 Å². The van der Waals surface area contributed by atoms with Crippen molar-refractivity contribution in [1.82, 2.24) is 0 Å². The van der Waals surface area contributed by atoms with Crippen LogP contribution in [0.3, 0.4) is 0 Å². The van der Waals surface area contributed by atoms with Crippen molar-refractivity contribution in [3.05, 3.63) is 23.5 Å². The summed E-state index contributed by atoms with van der Waals surface area (Å²) < 4.78 is 49.4. The van der Waals surface area contributed by atoms with Crippen molar-refractivity contribution >= 4 is 15.7 Å². The van der Waals surface area contributed by atoms with Crippen LogP contribution in [0.2, 0.25) is 0 Å². The van der Waals surface area contributed by atoms with Gasteiger partial charge >= 0.3 is 0 Å². The largest absolute Gasteiger partial charge is 0.378 e. The summed E-state index contributed by atoms with van der Waals surface area (Å²) in [5.41, 5.74) is -0.0768. The predicted octanol–water partition coefficient (Wildman–Crippen LogP) is 0.777. The first kappa shape index (κ1) is 15.7. The summed E-state index contributed by atoms with van der Waals surface area (Å²) in [7, 11) is -4.01. The second-order valence-corrected chi connectivity index (χ2v) is 7.37.